The molecule has 0 aromatic heterocycles. The lowest BCUT2D eigenvalue weighted by Gasteiger charge is -2.47. The highest BCUT2D eigenvalue weighted by molar-refractivity contribution is 7.46. The SMILES string of the molecule is [2H]C([2H])([2H])Oc1cc([C@]2([2H])c3cc4c(cc3[C@@H](O[C@@H]3O[C@@H]5CO[C@@H](C)O[C@H]5[C@H](O)[C@H]3O)[C@@H]3[C@@H]2C(=O)OC3([2H])[2H])OC([2H])([2H])O4)cc(OC([2H])([2H])[2H])c1OP(=O)(O)O. The zero-order valence-corrected chi connectivity index (χ0v) is 24.2. The van der Waals surface area contributed by atoms with E-state index in [1.807, 2.05) is 0 Å². The van der Waals surface area contributed by atoms with E-state index < -0.39 is 130 Å². The zero-order chi connectivity index (χ0) is 42.0. The van der Waals surface area contributed by atoms with Gasteiger partial charge in [-0.05, 0) is 47.9 Å². The number of methoxy groups -OCH3 is 2. The first-order valence-corrected chi connectivity index (χ1v) is 15.1. The minimum Gasteiger partial charge on any atom is -0.493 e. The van der Waals surface area contributed by atoms with E-state index in [9.17, 15) is 30.7 Å². The monoisotopic (exact) mass is 679 g/mol. The minimum atomic E-state index is -5.65. The maximum atomic E-state index is 13.9. The lowest BCUT2D eigenvalue weighted by atomic mass is 9.66. The molecule has 2 aromatic carbocycles. The molecule has 5 aliphatic rings. The van der Waals surface area contributed by atoms with Gasteiger partial charge in [-0.25, -0.2) is 4.57 Å². The summed E-state index contributed by atoms with van der Waals surface area (Å²) in [6.45, 7) is -4.45. The van der Waals surface area contributed by atoms with Gasteiger partial charge in [0.1, 0.15) is 27.2 Å². The molecule has 250 valence electrons. The van der Waals surface area contributed by atoms with Crippen molar-refractivity contribution in [1.82, 2.24) is 0 Å². The number of cyclic esters (lactones) is 1. The summed E-state index contributed by atoms with van der Waals surface area (Å²) in [6.07, 6.45) is -10.1. The molecule has 0 saturated carbocycles. The maximum absolute atomic E-state index is 13.9. The Hall–Kier alpha value is -3.18. The summed E-state index contributed by atoms with van der Waals surface area (Å²) in [5, 5.41) is 22.2. The molecule has 0 radical (unpaired) electrons. The molecule has 3 saturated heterocycles. The maximum Gasteiger partial charge on any atom is 0.525 e. The van der Waals surface area contributed by atoms with Crippen molar-refractivity contribution in [3.8, 4) is 28.7 Å². The number of phosphoric acid groups is 1. The first-order chi connectivity index (χ1) is 26.1. The Bertz CT molecular complexity index is 1960. The number of fused-ring (bicyclic) bond motifs is 4. The first kappa shape index (κ1) is 20.9. The first-order valence-electron chi connectivity index (χ1n) is 19.1. The molecule has 16 nitrogen and oxygen atoms in total. The molecule has 0 unspecified atom stereocenters. The van der Waals surface area contributed by atoms with E-state index in [2.05, 4.69) is 4.52 Å². The lowest BCUT2D eigenvalue weighted by Crippen LogP contribution is -2.63. The van der Waals surface area contributed by atoms with Crippen LogP contribution in [-0.4, -0.2) is 97.0 Å². The van der Waals surface area contributed by atoms with E-state index in [1.54, 1.807) is 6.92 Å². The van der Waals surface area contributed by atoms with Crippen LogP contribution in [-0.2, 0) is 33.0 Å². The highest BCUT2D eigenvalue weighted by atomic mass is 31.2. The second kappa shape index (κ2) is 11.8. The van der Waals surface area contributed by atoms with Crippen LogP contribution in [0.15, 0.2) is 24.3 Å². The second-order valence-corrected chi connectivity index (χ2v) is 12.0. The number of esters is 1. The predicted octanol–water partition coefficient (Wildman–Crippen LogP) is 1.10. The third-order valence-corrected chi connectivity index (χ3v) is 8.51. The minimum absolute atomic E-state index is 0.141. The Morgan fingerprint density at radius 1 is 1.00 bits per heavy atom. The van der Waals surface area contributed by atoms with Gasteiger partial charge in [-0.3, -0.25) is 14.6 Å². The number of carbonyl (C=O) groups excluding carboxylic acids is 1. The smallest absolute Gasteiger partial charge is 0.493 e. The fourth-order valence-electron chi connectivity index (χ4n) is 6.16. The molecular formula is C29H33O16P. The quantitative estimate of drug-likeness (QED) is 0.239. The fraction of sp³-hybridized carbons (Fsp3) is 0.552. The third kappa shape index (κ3) is 5.37. The molecule has 3 fully saturated rings. The summed E-state index contributed by atoms with van der Waals surface area (Å²) in [7, 11) is -12.5. The van der Waals surface area contributed by atoms with Gasteiger partial charge >= 0.3 is 13.8 Å². The van der Waals surface area contributed by atoms with E-state index in [0.717, 1.165) is 12.1 Å². The average molecular weight is 680 g/mol. The highest BCUT2D eigenvalue weighted by Gasteiger charge is 2.56. The van der Waals surface area contributed by atoms with E-state index in [0.29, 0.717) is 12.1 Å². The van der Waals surface area contributed by atoms with Gasteiger partial charge in [0.2, 0.25) is 12.5 Å². The van der Waals surface area contributed by atoms with Crippen LogP contribution >= 0.6 is 7.82 Å². The van der Waals surface area contributed by atoms with E-state index in [-0.39, 0.29) is 23.7 Å². The molecule has 0 spiro atoms. The third-order valence-electron chi connectivity index (χ3n) is 8.09. The number of hydrogen-bond acceptors (Lipinski definition) is 14. The molecule has 4 aliphatic heterocycles. The summed E-state index contributed by atoms with van der Waals surface area (Å²) in [5.41, 5.74) is -1.30. The van der Waals surface area contributed by atoms with Crippen molar-refractivity contribution < 1.29 is 91.6 Å². The van der Waals surface area contributed by atoms with Crippen LogP contribution in [0.5, 0.6) is 28.7 Å². The average Bonchev–Trinajstić information content (AvgIpc) is 3.49. The molecule has 7 rings (SSSR count). The molecule has 17 heteroatoms. The van der Waals surface area contributed by atoms with E-state index >= 15 is 0 Å². The van der Waals surface area contributed by atoms with Crippen LogP contribution in [0, 0.1) is 11.8 Å². The van der Waals surface area contributed by atoms with Crippen LogP contribution in [0.25, 0.3) is 0 Å². The fourth-order valence-corrected chi connectivity index (χ4v) is 6.57. The van der Waals surface area contributed by atoms with Crippen molar-refractivity contribution in [1.29, 1.82) is 0 Å². The number of rotatable bonds is 7. The van der Waals surface area contributed by atoms with Crippen LogP contribution < -0.4 is 23.5 Å². The summed E-state index contributed by atoms with van der Waals surface area (Å²) in [6, 6.07) is 3.42. The van der Waals surface area contributed by atoms with Crippen molar-refractivity contribution in [2.24, 2.45) is 11.8 Å². The molecule has 2 aromatic rings. The van der Waals surface area contributed by atoms with Gasteiger partial charge < -0.3 is 57.4 Å². The van der Waals surface area contributed by atoms with Crippen LogP contribution in [0.3, 0.4) is 0 Å². The zero-order valence-electron chi connectivity index (χ0n) is 34.3. The topological polar surface area (TPSA) is 207 Å². The van der Waals surface area contributed by atoms with E-state index in [4.69, 9.17) is 56.3 Å². The van der Waals surface area contributed by atoms with Gasteiger partial charge in [0, 0.05) is 13.2 Å². The molecule has 10 atom stereocenters. The van der Waals surface area contributed by atoms with Gasteiger partial charge in [0.05, 0.1) is 50.2 Å². The van der Waals surface area contributed by atoms with Gasteiger partial charge in [-0.1, -0.05) is 0 Å². The number of phosphoric ester groups is 1. The number of carbonyl (C=O) groups is 1. The van der Waals surface area contributed by atoms with Crippen LogP contribution in [0.2, 0.25) is 0 Å². The molecule has 46 heavy (non-hydrogen) atoms. The Labute approximate surface area is 277 Å². The van der Waals surface area contributed by atoms with Gasteiger partial charge in [0.15, 0.2) is 35.6 Å². The molecule has 4 heterocycles. The van der Waals surface area contributed by atoms with Gasteiger partial charge in [-0.2, -0.15) is 0 Å². The van der Waals surface area contributed by atoms with Gasteiger partial charge in [-0.15, -0.1) is 0 Å². The number of ether oxygens (including phenoxy) is 9. The highest BCUT2D eigenvalue weighted by Crippen LogP contribution is 2.57. The standard InChI is InChI=1S/C29H33O16P/c1-11-38-9-20-27(42-11)23(30)24(31)29(43-20)44-25-14-7-17-16(40-10-41-17)6-13(14)21(22-15(25)8-39-28(22)32)12-4-18(36-2)26(19(5-12)37-3)45-46(33,34)35/h4-7,11,15,20-25,27,29-31H,8-10H2,1-3H3,(H2,33,34,35)/t11-,15+,20-,21-,22+,23-,24-,25-,27-,29+/m1/s1/i2D3,3D3,8D2,10D2,21D. The van der Waals surface area contributed by atoms with E-state index in [1.165, 1.54) is 0 Å². The Morgan fingerprint density at radius 3 is 2.37 bits per heavy atom. The van der Waals surface area contributed by atoms with Crippen molar-refractivity contribution in [3.05, 3.63) is 41.0 Å². The lowest BCUT2D eigenvalue weighted by molar-refractivity contribution is -0.364. The molecule has 1 aliphatic carbocycles. The van der Waals surface area contributed by atoms with Gasteiger partial charge in [0.25, 0.3) is 0 Å². The molecule has 0 bridgehead atoms. The Balaban J connectivity index is 1.46. The summed E-state index contributed by atoms with van der Waals surface area (Å²) in [4.78, 5) is 33.3. The van der Waals surface area contributed by atoms with Crippen molar-refractivity contribution in [2.75, 3.05) is 34.0 Å². The van der Waals surface area contributed by atoms with Crippen molar-refractivity contribution in [2.45, 2.75) is 55.9 Å². The van der Waals surface area contributed by atoms with Crippen molar-refractivity contribution >= 4 is 13.8 Å². The number of benzene rings is 2. The molecule has 0 amide bonds. The number of aliphatic hydroxyl groups excluding tert-OH is 2. The number of hydrogen-bond donors (Lipinski definition) is 4. The summed E-state index contributed by atoms with van der Waals surface area (Å²) < 4.78 is 155. The second-order valence-electron chi connectivity index (χ2n) is 10.8. The Morgan fingerprint density at radius 2 is 1.70 bits per heavy atom. The van der Waals surface area contributed by atoms with Crippen molar-refractivity contribution in [3.63, 3.8) is 0 Å². The summed E-state index contributed by atoms with van der Waals surface area (Å²) >= 11 is 0. The normalized spacial score (nSPS) is 42.5. The molecule has 4 N–H and O–H groups in total. The Kier molecular flexibility index (Phi) is 5.37. The molecular weight excluding hydrogens is 635 g/mol. The largest absolute Gasteiger partial charge is 0.525 e. The summed E-state index contributed by atoms with van der Waals surface area (Å²) in [5.74, 6) is -12.4. The number of aliphatic hydroxyl groups is 2. The predicted molar refractivity (Wildman–Crippen MR) is 149 cm³/mol. The van der Waals surface area contributed by atoms with Crippen LogP contribution in [0.4, 0.5) is 0 Å². The van der Waals surface area contributed by atoms with Crippen LogP contribution in [0.1, 0.15) is 50.7 Å².